The lowest BCUT2D eigenvalue weighted by Crippen LogP contribution is -2.32. The molecule has 4 nitrogen and oxygen atoms in total. The maximum absolute atomic E-state index is 11.7. The largest absolute Gasteiger partial charge is 0.354 e. The van der Waals surface area contributed by atoms with Crippen LogP contribution >= 0.6 is 11.6 Å². The first-order valence-electron chi connectivity index (χ1n) is 5.38. The predicted molar refractivity (Wildman–Crippen MR) is 64.3 cm³/mol. The van der Waals surface area contributed by atoms with Gasteiger partial charge < -0.3 is 10.6 Å². The van der Waals surface area contributed by atoms with Crippen molar-refractivity contribution in [3.8, 4) is 6.07 Å². The third kappa shape index (κ3) is 2.57. The molecule has 1 aliphatic heterocycles. The van der Waals surface area contributed by atoms with E-state index < -0.39 is 5.92 Å². The molecule has 0 aliphatic carbocycles. The van der Waals surface area contributed by atoms with E-state index in [4.69, 9.17) is 16.9 Å². The van der Waals surface area contributed by atoms with Gasteiger partial charge in [-0.25, -0.2) is 0 Å². The Morgan fingerprint density at radius 3 is 2.94 bits per heavy atom. The molecule has 0 bridgehead atoms. The van der Waals surface area contributed by atoms with Crippen LogP contribution in [0.25, 0.3) is 0 Å². The summed E-state index contributed by atoms with van der Waals surface area (Å²) < 4.78 is 0. The smallest absolute Gasteiger partial charge is 0.239 e. The average Bonchev–Trinajstić information content (AvgIpc) is 2.50. The van der Waals surface area contributed by atoms with Crippen molar-refractivity contribution in [1.82, 2.24) is 10.6 Å². The van der Waals surface area contributed by atoms with Crippen molar-refractivity contribution >= 4 is 17.5 Å². The van der Waals surface area contributed by atoms with Crippen molar-refractivity contribution in [3.05, 3.63) is 34.9 Å². The Balaban J connectivity index is 2.34. The fourth-order valence-electron chi connectivity index (χ4n) is 1.94. The first-order valence-corrected chi connectivity index (χ1v) is 5.76. The molecule has 1 aliphatic rings. The van der Waals surface area contributed by atoms with Crippen molar-refractivity contribution in [2.45, 2.75) is 6.04 Å². The predicted octanol–water partition coefficient (Wildman–Crippen LogP) is 1.24. The van der Waals surface area contributed by atoms with Crippen LogP contribution in [0.4, 0.5) is 0 Å². The zero-order valence-electron chi connectivity index (χ0n) is 9.11. The highest BCUT2D eigenvalue weighted by atomic mass is 35.5. The number of rotatable bonds is 1. The summed E-state index contributed by atoms with van der Waals surface area (Å²) in [5, 5.41) is 15.6. The summed E-state index contributed by atoms with van der Waals surface area (Å²) in [6.07, 6.45) is 0. The molecule has 0 saturated carbocycles. The summed E-state index contributed by atoms with van der Waals surface area (Å²) in [5.74, 6) is -0.960. The minimum absolute atomic E-state index is 0.234. The standard InChI is InChI=1S/C12H12ClN3O/c13-9-3-1-2-8(6-9)11-10(7-14)12(17)16-5-4-15-11/h1-3,6,10-11,15H,4-5H2,(H,16,17). The second-order valence-corrected chi connectivity index (χ2v) is 4.32. The highest BCUT2D eigenvalue weighted by molar-refractivity contribution is 6.30. The molecule has 2 atom stereocenters. The van der Waals surface area contributed by atoms with E-state index in [1.54, 1.807) is 12.1 Å². The van der Waals surface area contributed by atoms with Crippen LogP contribution in [0, 0.1) is 17.2 Å². The third-order valence-corrected chi connectivity index (χ3v) is 2.99. The lowest BCUT2D eigenvalue weighted by Gasteiger charge is -2.19. The van der Waals surface area contributed by atoms with Crippen LogP contribution in [0.3, 0.4) is 0 Å². The number of hydrogen-bond acceptors (Lipinski definition) is 3. The number of amides is 1. The molecule has 1 aromatic rings. The minimum Gasteiger partial charge on any atom is -0.354 e. The summed E-state index contributed by atoms with van der Waals surface area (Å²) in [5.41, 5.74) is 0.862. The van der Waals surface area contributed by atoms with Gasteiger partial charge in [0.25, 0.3) is 0 Å². The normalized spacial score (nSPS) is 24.6. The first kappa shape index (κ1) is 11.9. The third-order valence-electron chi connectivity index (χ3n) is 2.75. The average molecular weight is 250 g/mol. The summed E-state index contributed by atoms with van der Waals surface area (Å²) in [4.78, 5) is 11.7. The number of nitriles is 1. The Labute approximate surface area is 105 Å². The molecular formula is C12H12ClN3O. The van der Waals surface area contributed by atoms with Gasteiger partial charge in [-0.3, -0.25) is 4.79 Å². The van der Waals surface area contributed by atoms with Gasteiger partial charge in [0.05, 0.1) is 12.1 Å². The molecule has 17 heavy (non-hydrogen) atoms. The fraction of sp³-hybridized carbons (Fsp3) is 0.333. The van der Waals surface area contributed by atoms with Crippen molar-refractivity contribution in [2.24, 2.45) is 5.92 Å². The van der Waals surface area contributed by atoms with Gasteiger partial charge in [-0.05, 0) is 17.7 Å². The molecule has 1 saturated heterocycles. The monoisotopic (exact) mass is 249 g/mol. The van der Waals surface area contributed by atoms with Gasteiger partial charge in [0, 0.05) is 18.1 Å². The van der Waals surface area contributed by atoms with E-state index in [9.17, 15) is 4.79 Å². The number of halogens is 1. The highest BCUT2D eigenvalue weighted by Gasteiger charge is 2.31. The number of nitrogens with one attached hydrogen (secondary N) is 2. The zero-order valence-corrected chi connectivity index (χ0v) is 9.87. The van der Waals surface area contributed by atoms with E-state index >= 15 is 0 Å². The van der Waals surface area contributed by atoms with E-state index in [1.807, 2.05) is 18.2 Å². The summed E-state index contributed by atoms with van der Waals surface area (Å²) in [6.45, 7) is 1.18. The van der Waals surface area contributed by atoms with Crippen LogP contribution in [-0.2, 0) is 4.79 Å². The molecule has 1 heterocycles. The SMILES string of the molecule is N#CC1C(=O)NCCNC1c1cccc(Cl)c1. The number of hydrogen-bond donors (Lipinski definition) is 2. The molecule has 1 aromatic carbocycles. The Bertz CT molecular complexity index is 469. The zero-order chi connectivity index (χ0) is 12.3. The molecule has 2 rings (SSSR count). The van der Waals surface area contributed by atoms with E-state index in [-0.39, 0.29) is 11.9 Å². The molecule has 1 fully saturated rings. The summed E-state index contributed by atoms with van der Waals surface area (Å²) in [7, 11) is 0. The van der Waals surface area contributed by atoms with Gasteiger partial charge in [-0.1, -0.05) is 23.7 Å². The van der Waals surface area contributed by atoms with Crippen LogP contribution in [0.15, 0.2) is 24.3 Å². The second kappa shape index (κ2) is 5.17. The van der Waals surface area contributed by atoms with Crippen molar-refractivity contribution in [1.29, 1.82) is 5.26 Å². The quantitative estimate of drug-likeness (QED) is 0.787. The second-order valence-electron chi connectivity index (χ2n) is 3.88. The Hall–Kier alpha value is -1.57. The lowest BCUT2D eigenvalue weighted by atomic mass is 9.94. The number of carbonyl (C=O) groups excluding carboxylic acids is 1. The molecule has 0 radical (unpaired) electrons. The van der Waals surface area contributed by atoms with E-state index in [0.717, 1.165) is 5.56 Å². The molecular weight excluding hydrogens is 238 g/mol. The molecule has 1 amide bonds. The maximum atomic E-state index is 11.7. The van der Waals surface area contributed by atoms with Gasteiger partial charge in [0.1, 0.15) is 5.92 Å². The number of nitrogens with zero attached hydrogens (tertiary/aromatic N) is 1. The van der Waals surface area contributed by atoms with Crippen molar-refractivity contribution in [3.63, 3.8) is 0 Å². The Kier molecular flexibility index (Phi) is 3.62. The van der Waals surface area contributed by atoms with Gasteiger partial charge >= 0.3 is 0 Å². The minimum atomic E-state index is -0.726. The van der Waals surface area contributed by atoms with Crippen molar-refractivity contribution in [2.75, 3.05) is 13.1 Å². The maximum Gasteiger partial charge on any atom is 0.239 e. The van der Waals surface area contributed by atoms with Crippen LogP contribution in [0.2, 0.25) is 5.02 Å². The lowest BCUT2D eigenvalue weighted by molar-refractivity contribution is -0.123. The summed E-state index contributed by atoms with van der Waals surface area (Å²) >= 11 is 5.92. The number of benzene rings is 1. The van der Waals surface area contributed by atoms with Gasteiger partial charge in [-0.15, -0.1) is 0 Å². The van der Waals surface area contributed by atoms with Crippen LogP contribution in [0.1, 0.15) is 11.6 Å². The fourth-order valence-corrected chi connectivity index (χ4v) is 2.13. The molecule has 0 aromatic heterocycles. The van der Waals surface area contributed by atoms with E-state index in [1.165, 1.54) is 0 Å². The van der Waals surface area contributed by atoms with Crippen molar-refractivity contribution < 1.29 is 4.79 Å². The van der Waals surface area contributed by atoms with Gasteiger partial charge in [0.2, 0.25) is 5.91 Å². The topological polar surface area (TPSA) is 64.9 Å². The van der Waals surface area contributed by atoms with Gasteiger partial charge in [-0.2, -0.15) is 5.26 Å². The molecule has 2 N–H and O–H groups in total. The van der Waals surface area contributed by atoms with Crippen LogP contribution in [-0.4, -0.2) is 19.0 Å². The van der Waals surface area contributed by atoms with Gasteiger partial charge in [0.15, 0.2) is 0 Å². The summed E-state index contributed by atoms with van der Waals surface area (Å²) in [6, 6.07) is 8.97. The van der Waals surface area contributed by atoms with Crippen LogP contribution in [0.5, 0.6) is 0 Å². The number of carbonyl (C=O) groups is 1. The molecule has 0 spiro atoms. The van der Waals surface area contributed by atoms with E-state index in [0.29, 0.717) is 18.1 Å². The first-order chi connectivity index (χ1) is 8.22. The van der Waals surface area contributed by atoms with Crippen LogP contribution < -0.4 is 10.6 Å². The highest BCUT2D eigenvalue weighted by Crippen LogP contribution is 2.25. The molecule has 2 unspecified atom stereocenters. The van der Waals surface area contributed by atoms with E-state index in [2.05, 4.69) is 10.6 Å². The molecule has 5 heteroatoms. The Morgan fingerprint density at radius 2 is 2.24 bits per heavy atom. The Morgan fingerprint density at radius 1 is 1.41 bits per heavy atom. The molecule has 88 valence electrons.